The molecule has 0 amide bonds. The van der Waals surface area contributed by atoms with Gasteiger partial charge in [-0.3, -0.25) is 0 Å². The average molecular weight is 388 g/mol. The lowest BCUT2D eigenvalue weighted by molar-refractivity contribution is 0.361. The molecule has 0 spiro atoms. The highest BCUT2D eigenvalue weighted by molar-refractivity contribution is 7.89. The number of hydrogen-bond acceptors (Lipinski definition) is 5. The van der Waals surface area contributed by atoms with Crippen LogP contribution in [0.2, 0.25) is 0 Å². The number of piperidine rings is 1. The highest BCUT2D eigenvalue weighted by Crippen LogP contribution is 2.26. The summed E-state index contributed by atoms with van der Waals surface area (Å²) < 4.78 is 28.1. The van der Waals surface area contributed by atoms with E-state index in [1.54, 1.807) is 18.2 Å². The number of halogens is 1. The third kappa shape index (κ3) is 4.55. The molecule has 2 heterocycles. The fourth-order valence-electron chi connectivity index (χ4n) is 2.81. The molecule has 1 aliphatic heterocycles. The van der Waals surface area contributed by atoms with E-state index in [0.717, 1.165) is 35.7 Å². The van der Waals surface area contributed by atoms with Crippen LogP contribution in [0.3, 0.4) is 0 Å². The molecule has 1 aromatic heterocycles. The van der Waals surface area contributed by atoms with Crippen molar-refractivity contribution >= 4 is 33.8 Å². The van der Waals surface area contributed by atoms with Crippen molar-refractivity contribution in [2.45, 2.75) is 43.7 Å². The first-order chi connectivity index (χ1) is 10.9. The number of rotatable bonds is 4. The fraction of sp³-hybridized carbons (Fsp3) is 0.438. The second kappa shape index (κ2) is 7.93. The van der Waals surface area contributed by atoms with E-state index >= 15 is 0 Å². The van der Waals surface area contributed by atoms with Gasteiger partial charge in [-0.2, -0.15) is 0 Å². The number of hydrogen-bond donors (Lipinski definition) is 2. The molecule has 2 N–H and O–H groups in total. The van der Waals surface area contributed by atoms with Crippen molar-refractivity contribution in [2.24, 2.45) is 0 Å². The standard InChI is InChI=1S/C16H21N3O2S2.ClH/c1-11-8-14(6-7-17-11)19-23(20,21)15-5-3-4-13(9-15)16-18-12(2)10-22-16;/h3-5,9-11,14,17,19H,6-8H2,1-2H3;1H. The van der Waals surface area contributed by atoms with Crippen LogP contribution in [0.4, 0.5) is 0 Å². The molecule has 5 nitrogen and oxygen atoms in total. The van der Waals surface area contributed by atoms with Gasteiger partial charge in [-0.25, -0.2) is 18.1 Å². The molecule has 1 fully saturated rings. The quantitative estimate of drug-likeness (QED) is 0.846. The molecule has 1 aliphatic rings. The molecule has 24 heavy (non-hydrogen) atoms. The van der Waals surface area contributed by atoms with Crippen LogP contribution in [0, 0.1) is 6.92 Å². The van der Waals surface area contributed by atoms with Crippen molar-refractivity contribution < 1.29 is 8.42 Å². The lowest BCUT2D eigenvalue weighted by atomic mass is 10.0. The van der Waals surface area contributed by atoms with Gasteiger partial charge >= 0.3 is 0 Å². The van der Waals surface area contributed by atoms with Gasteiger partial charge in [-0.15, -0.1) is 23.7 Å². The van der Waals surface area contributed by atoms with Gasteiger partial charge in [0.1, 0.15) is 5.01 Å². The maximum absolute atomic E-state index is 12.6. The van der Waals surface area contributed by atoms with E-state index in [4.69, 9.17) is 0 Å². The van der Waals surface area contributed by atoms with E-state index in [1.165, 1.54) is 11.3 Å². The Balaban J connectivity index is 0.00000208. The minimum absolute atomic E-state index is 0. The van der Waals surface area contributed by atoms with Crippen LogP contribution in [0.15, 0.2) is 34.5 Å². The summed E-state index contributed by atoms with van der Waals surface area (Å²) >= 11 is 1.52. The van der Waals surface area contributed by atoms with Gasteiger partial charge in [-0.1, -0.05) is 12.1 Å². The van der Waals surface area contributed by atoms with Gasteiger partial charge in [0.2, 0.25) is 10.0 Å². The van der Waals surface area contributed by atoms with E-state index in [2.05, 4.69) is 21.9 Å². The Labute approximate surface area is 153 Å². The molecular weight excluding hydrogens is 366 g/mol. The molecule has 1 aromatic carbocycles. The Morgan fingerprint density at radius 3 is 2.83 bits per heavy atom. The number of nitrogens with zero attached hydrogens (tertiary/aromatic N) is 1. The minimum atomic E-state index is -3.51. The molecule has 2 atom stereocenters. The van der Waals surface area contributed by atoms with Crippen LogP contribution >= 0.6 is 23.7 Å². The van der Waals surface area contributed by atoms with Crippen molar-refractivity contribution in [1.82, 2.24) is 15.0 Å². The van der Waals surface area contributed by atoms with Gasteiger partial charge < -0.3 is 5.32 Å². The van der Waals surface area contributed by atoms with Gasteiger partial charge in [0.05, 0.1) is 4.90 Å². The van der Waals surface area contributed by atoms with Gasteiger partial charge in [0, 0.05) is 28.7 Å². The average Bonchev–Trinajstić information content (AvgIpc) is 2.94. The maximum atomic E-state index is 12.6. The Bertz CT molecular complexity index is 792. The number of nitrogens with one attached hydrogen (secondary N) is 2. The number of aromatic nitrogens is 1. The van der Waals surface area contributed by atoms with E-state index < -0.39 is 10.0 Å². The van der Waals surface area contributed by atoms with Crippen molar-refractivity contribution in [1.29, 1.82) is 0 Å². The second-order valence-corrected chi connectivity index (χ2v) is 8.59. The summed E-state index contributed by atoms with van der Waals surface area (Å²) in [6.07, 6.45) is 1.62. The number of thiazole rings is 1. The second-order valence-electron chi connectivity index (χ2n) is 6.02. The zero-order valence-corrected chi connectivity index (χ0v) is 16.1. The number of sulfonamides is 1. The first-order valence-corrected chi connectivity index (χ1v) is 10.1. The largest absolute Gasteiger partial charge is 0.314 e. The molecule has 0 radical (unpaired) electrons. The summed E-state index contributed by atoms with van der Waals surface area (Å²) in [7, 11) is -3.51. The molecule has 0 aliphatic carbocycles. The molecular formula is C16H22ClN3O2S2. The lowest BCUT2D eigenvalue weighted by Gasteiger charge is -2.28. The smallest absolute Gasteiger partial charge is 0.240 e. The SMILES string of the molecule is Cc1csc(-c2cccc(S(=O)(=O)NC3CCNC(C)C3)c2)n1.Cl. The molecule has 1 saturated heterocycles. The van der Waals surface area contributed by atoms with E-state index in [-0.39, 0.29) is 18.4 Å². The Morgan fingerprint density at radius 1 is 1.38 bits per heavy atom. The predicted octanol–water partition coefficient (Wildman–Crippen LogP) is 2.96. The Hall–Kier alpha value is -0.990. The van der Waals surface area contributed by atoms with Crippen molar-refractivity contribution in [3.05, 3.63) is 35.3 Å². The van der Waals surface area contributed by atoms with Crippen LogP contribution in [0.1, 0.15) is 25.5 Å². The molecule has 8 heteroatoms. The molecule has 132 valence electrons. The summed E-state index contributed by atoms with van der Waals surface area (Å²) in [4.78, 5) is 4.72. The summed E-state index contributed by atoms with van der Waals surface area (Å²) in [5.41, 5.74) is 1.78. The normalized spacial score (nSPS) is 21.2. The predicted molar refractivity (Wildman–Crippen MR) is 100 cm³/mol. The summed E-state index contributed by atoms with van der Waals surface area (Å²) in [5, 5.41) is 6.13. The van der Waals surface area contributed by atoms with Crippen LogP contribution in [-0.2, 0) is 10.0 Å². The molecule has 2 unspecified atom stereocenters. The highest BCUT2D eigenvalue weighted by Gasteiger charge is 2.24. The third-order valence-corrected chi connectivity index (χ3v) is 6.48. The van der Waals surface area contributed by atoms with Crippen LogP contribution in [-0.4, -0.2) is 32.0 Å². The number of benzene rings is 1. The Kier molecular flexibility index (Phi) is 6.39. The van der Waals surface area contributed by atoms with Crippen molar-refractivity contribution in [3.8, 4) is 10.6 Å². The first-order valence-electron chi connectivity index (χ1n) is 7.72. The Morgan fingerprint density at radius 2 is 2.17 bits per heavy atom. The van der Waals surface area contributed by atoms with Crippen molar-refractivity contribution in [2.75, 3.05) is 6.54 Å². The zero-order valence-electron chi connectivity index (χ0n) is 13.7. The monoisotopic (exact) mass is 387 g/mol. The van der Waals surface area contributed by atoms with Crippen molar-refractivity contribution in [3.63, 3.8) is 0 Å². The highest BCUT2D eigenvalue weighted by atomic mass is 35.5. The van der Waals surface area contributed by atoms with E-state index in [0.29, 0.717) is 10.9 Å². The molecule has 0 saturated carbocycles. The molecule has 2 aromatic rings. The topological polar surface area (TPSA) is 71.1 Å². The summed E-state index contributed by atoms with van der Waals surface area (Å²) in [6.45, 7) is 4.85. The first kappa shape index (κ1) is 19.3. The minimum Gasteiger partial charge on any atom is -0.314 e. The lowest BCUT2D eigenvalue weighted by Crippen LogP contribution is -2.46. The maximum Gasteiger partial charge on any atom is 0.240 e. The van der Waals surface area contributed by atoms with E-state index in [1.807, 2.05) is 18.4 Å². The summed E-state index contributed by atoms with van der Waals surface area (Å²) in [6, 6.07) is 7.32. The zero-order chi connectivity index (χ0) is 16.4. The molecule has 3 rings (SSSR count). The van der Waals surface area contributed by atoms with Gasteiger partial charge in [0.15, 0.2) is 0 Å². The van der Waals surface area contributed by atoms with Crippen LogP contribution < -0.4 is 10.0 Å². The molecule has 0 bridgehead atoms. The summed E-state index contributed by atoms with van der Waals surface area (Å²) in [5.74, 6) is 0. The van der Waals surface area contributed by atoms with Crippen LogP contribution in [0.5, 0.6) is 0 Å². The van der Waals surface area contributed by atoms with Gasteiger partial charge in [0.25, 0.3) is 0 Å². The van der Waals surface area contributed by atoms with E-state index in [9.17, 15) is 8.42 Å². The fourth-order valence-corrected chi connectivity index (χ4v) is 4.93. The van der Waals surface area contributed by atoms with Crippen LogP contribution in [0.25, 0.3) is 10.6 Å². The third-order valence-electron chi connectivity index (χ3n) is 3.96. The van der Waals surface area contributed by atoms with Gasteiger partial charge in [-0.05, 0) is 45.4 Å². The number of aryl methyl sites for hydroxylation is 1.